The molecule has 0 radical (unpaired) electrons. The third-order valence-corrected chi connectivity index (χ3v) is 3.04. The van der Waals surface area contributed by atoms with E-state index in [1.807, 2.05) is 18.7 Å². The average molecular weight is 279 g/mol. The number of hydrogen-bond donors (Lipinski definition) is 2. The van der Waals surface area contributed by atoms with Crippen molar-refractivity contribution in [2.75, 3.05) is 23.3 Å². The van der Waals surface area contributed by atoms with Gasteiger partial charge in [0.1, 0.15) is 18.0 Å². The van der Waals surface area contributed by atoms with E-state index in [1.165, 1.54) is 6.33 Å². The van der Waals surface area contributed by atoms with Crippen LogP contribution in [0.1, 0.15) is 39.7 Å². The Morgan fingerprint density at radius 1 is 1.40 bits per heavy atom. The Hall–Kier alpha value is -1.85. The smallest absolute Gasteiger partial charge is 0.237 e. The van der Waals surface area contributed by atoms with E-state index in [9.17, 15) is 4.79 Å². The maximum absolute atomic E-state index is 11.3. The highest BCUT2D eigenvalue weighted by atomic mass is 16.1. The zero-order chi connectivity index (χ0) is 15.1. The van der Waals surface area contributed by atoms with Crippen molar-refractivity contribution in [1.82, 2.24) is 9.97 Å². The molecular formula is C14H25N5O. The van der Waals surface area contributed by atoms with E-state index < -0.39 is 0 Å². The third-order valence-electron chi connectivity index (χ3n) is 3.04. The summed E-state index contributed by atoms with van der Waals surface area (Å²) in [6.45, 7) is 9.22. The Labute approximate surface area is 120 Å². The predicted molar refractivity (Wildman–Crippen MR) is 81.9 cm³/mol. The minimum absolute atomic E-state index is 0.140. The van der Waals surface area contributed by atoms with Crippen LogP contribution in [-0.2, 0) is 11.2 Å². The molecule has 1 rings (SSSR count). The van der Waals surface area contributed by atoms with E-state index in [2.05, 4.69) is 29.1 Å². The number of carbonyl (C=O) groups excluding carboxylic acids is 1. The number of nitrogens with one attached hydrogen (secondary N) is 1. The fourth-order valence-electron chi connectivity index (χ4n) is 2.04. The molecule has 0 unspecified atom stereocenters. The molecule has 0 aliphatic heterocycles. The summed E-state index contributed by atoms with van der Waals surface area (Å²) in [4.78, 5) is 21.8. The second kappa shape index (κ2) is 7.67. The van der Waals surface area contributed by atoms with Crippen LogP contribution in [0.25, 0.3) is 0 Å². The fourth-order valence-corrected chi connectivity index (χ4v) is 2.04. The van der Waals surface area contributed by atoms with Crippen LogP contribution in [0.3, 0.4) is 0 Å². The molecule has 6 heteroatoms. The van der Waals surface area contributed by atoms with Gasteiger partial charge in [0.15, 0.2) is 0 Å². The van der Waals surface area contributed by atoms with Crippen molar-refractivity contribution in [2.24, 2.45) is 5.73 Å². The minimum Gasteiger partial charge on any atom is -0.370 e. The second-order valence-corrected chi connectivity index (χ2v) is 4.99. The van der Waals surface area contributed by atoms with Gasteiger partial charge >= 0.3 is 0 Å². The van der Waals surface area contributed by atoms with Gasteiger partial charge in [0.25, 0.3) is 0 Å². The van der Waals surface area contributed by atoms with Crippen LogP contribution < -0.4 is 16.0 Å². The molecule has 1 aromatic heterocycles. The first kappa shape index (κ1) is 16.2. The molecular weight excluding hydrogens is 254 g/mol. The van der Waals surface area contributed by atoms with E-state index in [0.29, 0.717) is 0 Å². The molecule has 3 N–H and O–H groups in total. The Morgan fingerprint density at radius 2 is 2.10 bits per heavy atom. The predicted octanol–water partition coefficient (Wildman–Crippen LogP) is 1.56. The van der Waals surface area contributed by atoms with Gasteiger partial charge in [0.05, 0.1) is 6.54 Å². The van der Waals surface area contributed by atoms with Crippen LogP contribution in [0, 0.1) is 0 Å². The molecule has 0 atom stereocenters. The lowest BCUT2D eigenvalue weighted by Gasteiger charge is -2.28. The summed E-state index contributed by atoms with van der Waals surface area (Å²) in [7, 11) is 0. The summed E-state index contributed by atoms with van der Waals surface area (Å²) < 4.78 is 0. The Morgan fingerprint density at radius 3 is 2.60 bits per heavy atom. The molecule has 20 heavy (non-hydrogen) atoms. The molecule has 0 bridgehead atoms. The first-order valence-electron chi connectivity index (χ1n) is 7.13. The van der Waals surface area contributed by atoms with Crippen LogP contribution in [0.2, 0.25) is 0 Å². The summed E-state index contributed by atoms with van der Waals surface area (Å²) in [6.07, 6.45) is 3.35. The molecule has 0 spiro atoms. The average Bonchev–Trinajstić information content (AvgIpc) is 2.41. The summed E-state index contributed by atoms with van der Waals surface area (Å²) in [5.41, 5.74) is 6.36. The Balaban J connectivity index is 3.16. The molecule has 0 saturated heterocycles. The van der Waals surface area contributed by atoms with Crippen LogP contribution in [0.15, 0.2) is 6.33 Å². The van der Waals surface area contributed by atoms with E-state index in [-0.39, 0.29) is 18.5 Å². The lowest BCUT2D eigenvalue weighted by Crippen LogP contribution is -2.39. The minimum atomic E-state index is -0.359. The van der Waals surface area contributed by atoms with Crippen LogP contribution >= 0.6 is 0 Å². The molecule has 112 valence electrons. The van der Waals surface area contributed by atoms with Gasteiger partial charge in [-0.05, 0) is 26.7 Å². The number of carbonyl (C=O) groups is 1. The topological polar surface area (TPSA) is 84.1 Å². The molecule has 1 aromatic rings. The van der Waals surface area contributed by atoms with Gasteiger partial charge in [-0.25, -0.2) is 9.97 Å². The zero-order valence-corrected chi connectivity index (χ0v) is 12.8. The van der Waals surface area contributed by atoms with Crippen LogP contribution in [0.5, 0.6) is 0 Å². The van der Waals surface area contributed by atoms with E-state index in [0.717, 1.165) is 36.6 Å². The van der Waals surface area contributed by atoms with E-state index in [1.54, 1.807) is 0 Å². The van der Waals surface area contributed by atoms with Crippen molar-refractivity contribution in [3.8, 4) is 0 Å². The van der Waals surface area contributed by atoms with Gasteiger partial charge in [0, 0.05) is 18.2 Å². The number of anilines is 2. The number of amides is 1. The van der Waals surface area contributed by atoms with Crippen molar-refractivity contribution in [3.63, 3.8) is 0 Å². The van der Waals surface area contributed by atoms with Crippen LogP contribution in [-0.4, -0.2) is 35.0 Å². The molecule has 0 aromatic carbocycles. The SMILES string of the molecule is CCCNc1ncnc(N(CC(N)=O)C(C)C)c1CC. The third kappa shape index (κ3) is 4.08. The first-order valence-corrected chi connectivity index (χ1v) is 7.13. The van der Waals surface area contributed by atoms with Crippen molar-refractivity contribution < 1.29 is 4.79 Å². The van der Waals surface area contributed by atoms with E-state index >= 15 is 0 Å². The maximum Gasteiger partial charge on any atom is 0.237 e. The number of nitrogens with zero attached hydrogens (tertiary/aromatic N) is 3. The molecule has 0 fully saturated rings. The molecule has 0 aliphatic rings. The summed E-state index contributed by atoms with van der Waals surface area (Å²) in [5.74, 6) is 1.27. The highest BCUT2D eigenvalue weighted by Crippen LogP contribution is 2.25. The highest BCUT2D eigenvalue weighted by Gasteiger charge is 2.19. The largest absolute Gasteiger partial charge is 0.370 e. The number of hydrogen-bond acceptors (Lipinski definition) is 5. The van der Waals surface area contributed by atoms with Gasteiger partial charge in [-0.15, -0.1) is 0 Å². The zero-order valence-electron chi connectivity index (χ0n) is 12.8. The summed E-state index contributed by atoms with van der Waals surface area (Å²) >= 11 is 0. The van der Waals surface area contributed by atoms with Gasteiger partial charge in [0.2, 0.25) is 5.91 Å². The molecule has 6 nitrogen and oxygen atoms in total. The Bertz CT molecular complexity index is 447. The number of aromatic nitrogens is 2. The molecule has 1 heterocycles. The molecule has 1 amide bonds. The maximum atomic E-state index is 11.3. The standard InChI is InChI=1S/C14H25N5O/c1-5-7-16-13-11(6-2)14(18-9-17-13)19(10(3)4)8-12(15)20/h9-10H,5-8H2,1-4H3,(H2,15,20)(H,16,17,18). The van der Waals surface area contributed by atoms with Gasteiger partial charge in [-0.3, -0.25) is 4.79 Å². The van der Waals surface area contributed by atoms with Crippen molar-refractivity contribution in [3.05, 3.63) is 11.9 Å². The second-order valence-electron chi connectivity index (χ2n) is 4.99. The Kier molecular flexibility index (Phi) is 6.21. The van der Waals surface area contributed by atoms with Gasteiger partial charge < -0.3 is 16.0 Å². The van der Waals surface area contributed by atoms with Gasteiger partial charge in [-0.2, -0.15) is 0 Å². The number of rotatable bonds is 8. The van der Waals surface area contributed by atoms with E-state index in [4.69, 9.17) is 5.73 Å². The lowest BCUT2D eigenvalue weighted by molar-refractivity contribution is -0.116. The lowest BCUT2D eigenvalue weighted by atomic mass is 10.1. The van der Waals surface area contributed by atoms with Crippen molar-refractivity contribution in [2.45, 2.75) is 46.6 Å². The highest BCUT2D eigenvalue weighted by molar-refractivity contribution is 5.80. The fraction of sp³-hybridized carbons (Fsp3) is 0.643. The van der Waals surface area contributed by atoms with Crippen LogP contribution in [0.4, 0.5) is 11.6 Å². The normalized spacial score (nSPS) is 10.7. The van der Waals surface area contributed by atoms with Crippen molar-refractivity contribution in [1.29, 1.82) is 0 Å². The summed E-state index contributed by atoms with van der Waals surface area (Å²) in [5, 5.41) is 3.31. The summed E-state index contributed by atoms with van der Waals surface area (Å²) in [6, 6.07) is 0.140. The molecule has 0 saturated carbocycles. The van der Waals surface area contributed by atoms with Gasteiger partial charge in [-0.1, -0.05) is 13.8 Å². The number of nitrogens with two attached hydrogens (primary N) is 1. The first-order chi connectivity index (χ1) is 9.51. The number of primary amides is 1. The quantitative estimate of drug-likeness (QED) is 0.754. The van der Waals surface area contributed by atoms with Crippen molar-refractivity contribution >= 4 is 17.5 Å². The monoisotopic (exact) mass is 279 g/mol. The molecule has 0 aliphatic carbocycles.